The van der Waals surface area contributed by atoms with Gasteiger partial charge in [0.15, 0.2) is 0 Å². The minimum Gasteiger partial charge on any atom is -1.00 e. The molecule has 0 spiro atoms. The van der Waals surface area contributed by atoms with Gasteiger partial charge in [-0.25, -0.2) is 0 Å². The van der Waals surface area contributed by atoms with Gasteiger partial charge in [0.25, 0.3) is 0 Å². The van der Waals surface area contributed by atoms with Gasteiger partial charge in [0, 0.05) is 0 Å². The Morgan fingerprint density at radius 1 is 1.33 bits per heavy atom. The summed E-state index contributed by atoms with van der Waals surface area (Å²) >= 11 is 0. The van der Waals surface area contributed by atoms with Crippen molar-refractivity contribution in [3.63, 3.8) is 0 Å². The van der Waals surface area contributed by atoms with Crippen LogP contribution in [0.1, 0.15) is 12.8 Å². The monoisotopic (exact) mass is 115 g/mol. The van der Waals surface area contributed by atoms with Crippen LogP contribution < -0.4 is 12.4 Å². The van der Waals surface area contributed by atoms with E-state index in [1.165, 1.54) is 0 Å². The zero-order valence-electron chi connectivity index (χ0n) is 3.58. The van der Waals surface area contributed by atoms with E-state index in [0.29, 0.717) is 6.04 Å². The Kier molecular flexibility index (Phi) is 7.04. The van der Waals surface area contributed by atoms with Crippen LogP contribution in [0.25, 0.3) is 5.73 Å². The number of hydrogen-bond donors (Lipinski definition) is 0. The summed E-state index contributed by atoms with van der Waals surface area (Å²) in [5.41, 5.74) is 6.69. The van der Waals surface area contributed by atoms with E-state index >= 15 is 0 Å². The van der Waals surface area contributed by atoms with Crippen LogP contribution in [0.3, 0.4) is 0 Å². The van der Waals surface area contributed by atoms with Gasteiger partial charge in [-0.2, -0.15) is 0 Å². The molecule has 1 nitrogen and oxygen atoms in total. The molecule has 0 aromatic rings. The van der Waals surface area contributed by atoms with E-state index in [-0.39, 0.29) is 35.5 Å². The van der Waals surface area contributed by atoms with Gasteiger partial charge in [0.2, 0.25) is 0 Å². The quantitative estimate of drug-likeness (QED) is 0.321. The first-order valence-electron chi connectivity index (χ1n) is 1.61. The fourth-order valence-electron chi connectivity index (χ4n) is 0.0833. The molecule has 0 bridgehead atoms. The molecular formula is C3H6ClMgN. The molecule has 1 N–H and O–H groups in total. The van der Waals surface area contributed by atoms with E-state index in [9.17, 15) is 0 Å². The van der Waals surface area contributed by atoms with Gasteiger partial charge in [-0.15, -0.1) is 6.04 Å². The van der Waals surface area contributed by atoms with E-state index in [4.69, 9.17) is 5.73 Å². The predicted octanol–water partition coefficient (Wildman–Crippen LogP) is -2.18. The third-order valence-electron chi connectivity index (χ3n) is 0.577. The maximum atomic E-state index is 6.69. The van der Waals surface area contributed by atoms with E-state index in [1.54, 1.807) is 0 Å². The van der Waals surface area contributed by atoms with Crippen LogP contribution in [0.5, 0.6) is 0 Å². The number of halogens is 1. The standard InChI is InChI=1S/C3H6N.ClH.Mg/c4-3-1-2-3;;/h3-4H,1-2H2;1H;/q-1;;+2/p-1. The Balaban J connectivity index is 0. The Bertz CT molecular complexity index is 30.0. The molecule has 1 fully saturated rings. The molecular weight excluding hydrogens is 110 g/mol. The molecule has 0 amide bonds. The minimum absolute atomic E-state index is 0. The van der Waals surface area contributed by atoms with E-state index in [2.05, 4.69) is 0 Å². The van der Waals surface area contributed by atoms with Crippen LogP contribution in [0.2, 0.25) is 0 Å². The Morgan fingerprint density at radius 2 is 1.50 bits per heavy atom. The summed E-state index contributed by atoms with van der Waals surface area (Å²) in [4.78, 5) is 0. The van der Waals surface area contributed by atoms with Gasteiger partial charge in [0.1, 0.15) is 0 Å². The zero-order valence-corrected chi connectivity index (χ0v) is 5.75. The zero-order chi connectivity index (χ0) is 2.99. The van der Waals surface area contributed by atoms with Crippen molar-refractivity contribution in [1.82, 2.24) is 0 Å². The van der Waals surface area contributed by atoms with Crippen LogP contribution in [0, 0.1) is 0 Å². The molecule has 1 aliphatic carbocycles. The molecule has 1 saturated carbocycles. The van der Waals surface area contributed by atoms with Gasteiger partial charge < -0.3 is 18.1 Å². The van der Waals surface area contributed by atoms with Crippen LogP contribution in [-0.4, -0.2) is 29.1 Å². The largest absolute Gasteiger partial charge is 2.00 e. The summed E-state index contributed by atoms with van der Waals surface area (Å²) in [6.45, 7) is 0. The average Bonchev–Trinajstić information content (AvgIpc) is 1.75. The summed E-state index contributed by atoms with van der Waals surface area (Å²) in [6, 6.07) is 0.333. The van der Waals surface area contributed by atoms with Crippen molar-refractivity contribution in [2.45, 2.75) is 18.9 Å². The summed E-state index contributed by atoms with van der Waals surface area (Å²) in [6.07, 6.45) is 2.31. The topological polar surface area (TPSA) is 23.8 Å². The normalized spacial score (nSPS) is 17.5. The summed E-state index contributed by atoms with van der Waals surface area (Å²) in [5, 5.41) is 0. The van der Waals surface area contributed by atoms with Gasteiger partial charge >= 0.3 is 23.1 Å². The third-order valence-corrected chi connectivity index (χ3v) is 0.577. The number of nitrogens with one attached hydrogen (secondary N) is 1. The molecule has 1 aliphatic rings. The molecule has 0 saturated heterocycles. The van der Waals surface area contributed by atoms with Gasteiger partial charge in [0.05, 0.1) is 0 Å². The molecule has 0 aromatic carbocycles. The second-order valence-corrected chi connectivity index (χ2v) is 1.27. The predicted molar refractivity (Wildman–Crippen MR) is 23.1 cm³/mol. The first-order chi connectivity index (χ1) is 1.89. The fourth-order valence-corrected chi connectivity index (χ4v) is 0.0833. The summed E-state index contributed by atoms with van der Waals surface area (Å²) < 4.78 is 0. The SMILES string of the molecule is [Cl-].[Mg+2].[NH-]C1CC1. The van der Waals surface area contributed by atoms with Crippen LogP contribution in [0.15, 0.2) is 0 Å². The molecule has 0 unspecified atom stereocenters. The average molecular weight is 116 g/mol. The fraction of sp³-hybridized carbons (Fsp3) is 1.00. The van der Waals surface area contributed by atoms with Crippen molar-refractivity contribution in [3.8, 4) is 0 Å². The van der Waals surface area contributed by atoms with Crippen LogP contribution in [0.4, 0.5) is 0 Å². The molecule has 32 valence electrons. The van der Waals surface area contributed by atoms with Crippen molar-refractivity contribution < 1.29 is 12.4 Å². The van der Waals surface area contributed by atoms with E-state index < -0.39 is 0 Å². The van der Waals surface area contributed by atoms with Crippen molar-refractivity contribution >= 4 is 23.1 Å². The molecule has 6 heavy (non-hydrogen) atoms. The maximum Gasteiger partial charge on any atom is 2.00 e. The Hall–Kier alpha value is 1.02. The van der Waals surface area contributed by atoms with Crippen molar-refractivity contribution in [2.24, 2.45) is 0 Å². The number of hydrogen-bond acceptors (Lipinski definition) is 0. The van der Waals surface area contributed by atoms with Crippen LogP contribution >= 0.6 is 0 Å². The van der Waals surface area contributed by atoms with E-state index in [1.807, 2.05) is 0 Å². The van der Waals surface area contributed by atoms with Crippen molar-refractivity contribution in [3.05, 3.63) is 5.73 Å². The third kappa shape index (κ3) is 5.02. The molecule has 0 atom stereocenters. The smallest absolute Gasteiger partial charge is 1.00 e. The molecule has 0 aliphatic heterocycles. The molecule has 0 radical (unpaired) electrons. The first-order valence-corrected chi connectivity index (χ1v) is 1.61. The second-order valence-electron chi connectivity index (χ2n) is 1.27. The van der Waals surface area contributed by atoms with Gasteiger partial charge in [-0.1, -0.05) is 12.8 Å². The Labute approximate surface area is 60.2 Å². The molecule has 0 heterocycles. The summed E-state index contributed by atoms with van der Waals surface area (Å²) in [5.74, 6) is 0. The number of rotatable bonds is 0. The molecule has 0 aromatic heterocycles. The van der Waals surface area contributed by atoms with Crippen molar-refractivity contribution in [1.29, 1.82) is 0 Å². The van der Waals surface area contributed by atoms with Gasteiger partial charge in [-0.3, -0.25) is 0 Å². The van der Waals surface area contributed by atoms with Crippen molar-refractivity contribution in [2.75, 3.05) is 0 Å². The molecule has 3 heteroatoms. The maximum absolute atomic E-state index is 6.69. The van der Waals surface area contributed by atoms with Crippen LogP contribution in [-0.2, 0) is 0 Å². The Morgan fingerprint density at radius 3 is 1.50 bits per heavy atom. The van der Waals surface area contributed by atoms with Gasteiger partial charge in [-0.05, 0) is 0 Å². The minimum atomic E-state index is 0. The van der Waals surface area contributed by atoms with E-state index in [0.717, 1.165) is 12.8 Å². The summed E-state index contributed by atoms with van der Waals surface area (Å²) in [7, 11) is 0. The first kappa shape index (κ1) is 10.1. The second kappa shape index (κ2) is 4.18. The molecule has 1 rings (SSSR count).